The summed E-state index contributed by atoms with van der Waals surface area (Å²) in [5.74, 6) is 1.71. The predicted molar refractivity (Wildman–Crippen MR) is 127 cm³/mol. The third-order valence-corrected chi connectivity index (χ3v) is 6.65. The number of nitrogens with one attached hydrogen (secondary N) is 1. The van der Waals surface area contributed by atoms with E-state index >= 15 is 0 Å². The van der Waals surface area contributed by atoms with Crippen molar-refractivity contribution in [1.82, 2.24) is 20.1 Å². The van der Waals surface area contributed by atoms with Crippen LogP contribution in [0.3, 0.4) is 0 Å². The predicted octanol–water partition coefficient (Wildman–Crippen LogP) is 3.15. The zero-order chi connectivity index (χ0) is 22.2. The van der Waals surface area contributed by atoms with E-state index in [0.29, 0.717) is 17.3 Å². The molecule has 1 aromatic carbocycles. The van der Waals surface area contributed by atoms with Gasteiger partial charge in [0, 0.05) is 29.9 Å². The molecule has 1 fully saturated rings. The topological polar surface area (TPSA) is 89.1 Å². The number of aromatic nitrogens is 3. The van der Waals surface area contributed by atoms with Gasteiger partial charge in [0.25, 0.3) is 0 Å². The van der Waals surface area contributed by atoms with E-state index in [0.717, 1.165) is 54.1 Å². The fourth-order valence-electron chi connectivity index (χ4n) is 5.09. The van der Waals surface area contributed by atoms with Gasteiger partial charge < -0.3 is 16.0 Å². The molecule has 32 heavy (non-hydrogen) atoms. The fraction of sp³-hybridized carbons (Fsp3) is 0.320. The van der Waals surface area contributed by atoms with E-state index < -0.39 is 0 Å². The van der Waals surface area contributed by atoms with E-state index in [-0.39, 0.29) is 11.8 Å². The van der Waals surface area contributed by atoms with Crippen LogP contribution in [0.1, 0.15) is 19.8 Å². The Bertz CT molecular complexity index is 1160. The quantitative estimate of drug-likeness (QED) is 0.664. The molecule has 0 aliphatic carbocycles. The molecule has 0 amide bonds. The number of Topliss-reactive ketones (excluding diaryl/α,β-unsaturated/α-hetero) is 1. The molecule has 3 N–H and O–H groups in total. The van der Waals surface area contributed by atoms with Crippen molar-refractivity contribution in [2.45, 2.75) is 25.8 Å². The molecule has 2 aliphatic rings. The molecule has 4 heterocycles. The molecule has 164 valence electrons. The molecule has 1 unspecified atom stereocenters. The summed E-state index contributed by atoms with van der Waals surface area (Å²) in [7, 11) is 2.05. The van der Waals surface area contributed by atoms with Crippen molar-refractivity contribution in [3.05, 3.63) is 60.4 Å². The smallest absolute Gasteiger partial charge is 0.161 e. The largest absolute Gasteiger partial charge is 0.383 e. The Morgan fingerprint density at radius 3 is 2.47 bits per heavy atom. The Morgan fingerprint density at radius 2 is 1.81 bits per heavy atom. The van der Waals surface area contributed by atoms with Gasteiger partial charge in [-0.2, -0.15) is 5.10 Å². The van der Waals surface area contributed by atoms with E-state index in [1.807, 2.05) is 43.7 Å². The summed E-state index contributed by atoms with van der Waals surface area (Å²) in [6.45, 7) is 3.51. The van der Waals surface area contributed by atoms with Gasteiger partial charge in [-0.3, -0.25) is 9.78 Å². The van der Waals surface area contributed by atoms with Gasteiger partial charge in [-0.05, 0) is 44.8 Å². The van der Waals surface area contributed by atoms with Crippen molar-refractivity contribution in [1.29, 1.82) is 0 Å². The third-order valence-electron chi connectivity index (χ3n) is 6.65. The van der Waals surface area contributed by atoms with Gasteiger partial charge in [0.05, 0.1) is 23.5 Å². The highest BCUT2D eigenvalue weighted by Gasteiger charge is 2.40. The summed E-state index contributed by atoms with van der Waals surface area (Å²) in [4.78, 5) is 19.5. The van der Waals surface area contributed by atoms with Crippen LogP contribution in [-0.2, 0) is 4.79 Å². The second-order valence-electron chi connectivity index (χ2n) is 8.59. The molecule has 0 radical (unpaired) electrons. The monoisotopic (exact) mass is 428 g/mol. The van der Waals surface area contributed by atoms with Gasteiger partial charge in [0.1, 0.15) is 11.6 Å². The van der Waals surface area contributed by atoms with Gasteiger partial charge >= 0.3 is 0 Å². The van der Waals surface area contributed by atoms with Crippen LogP contribution in [0.5, 0.6) is 0 Å². The van der Waals surface area contributed by atoms with Crippen molar-refractivity contribution in [3.8, 4) is 22.4 Å². The number of likely N-dealkylation sites (N-methyl/N-ethyl adjacent to an activating group) is 1. The van der Waals surface area contributed by atoms with Crippen molar-refractivity contribution >= 4 is 17.4 Å². The first kappa shape index (κ1) is 20.5. The van der Waals surface area contributed by atoms with Gasteiger partial charge in [-0.15, -0.1) is 0 Å². The lowest BCUT2D eigenvalue weighted by molar-refractivity contribution is -0.114. The highest BCUT2D eigenvalue weighted by Crippen LogP contribution is 2.41. The first-order chi connectivity index (χ1) is 15.6. The van der Waals surface area contributed by atoms with E-state index in [4.69, 9.17) is 5.73 Å². The molecule has 7 nitrogen and oxygen atoms in total. The zero-order valence-electron chi connectivity index (χ0n) is 18.5. The average Bonchev–Trinajstić information content (AvgIpc) is 3.28. The lowest BCUT2D eigenvalue weighted by Gasteiger charge is -2.42. The molecular formula is C25H28N6O. The Labute approximate surface area is 187 Å². The highest BCUT2D eigenvalue weighted by atomic mass is 16.1. The number of nitrogens with zero attached hydrogens (tertiary/aromatic N) is 4. The van der Waals surface area contributed by atoms with Crippen molar-refractivity contribution in [2.24, 2.45) is 11.7 Å². The van der Waals surface area contributed by atoms with Gasteiger partial charge in [-0.25, -0.2) is 4.68 Å². The second-order valence-corrected chi connectivity index (χ2v) is 8.59. The molecule has 3 aromatic rings. The summed E-state index contributed by atoms with van der Waals surface area (Å²) < 4.78 is 1.70. The molecule has 2 aliphatic heterocycles. The summed E-state index contributed by atoms with van der Waals surface area (Å²) in [5.41, 5.74) is 11.2. The fourth-order valence-corrected chi connectivity index (χ4v) is 5.09. The maximum absolute atomic E-state index is 12.6. The highest BCUT2D eigenvalue weighted by molar-refractivity contribution is 6.02. The number of hydrogen-bond acceptors (Lipinski definition) is 6. The summed E-state index contributed by atoms with van der Waals surface area (Å²) >= 11 is 0. The SMILES string of the molecule is CC(=O)C1=C(N)n2ncc(-c3ccc(-c4ccccc4)nc3)c2N(C)C1C1CCNCC1. The minimum absolute atomic E-state index is 0.00876. The first-order valence-corrected chi connectivity index (χ1v) is 11.1. The minimum atomic E-state index is -0.0610. The minimum Gasteiger partial charge on any atom is -0.383 e. The van der Waals surface area contributed by atoms with E-state index in [1.54, 1.807) is 11.6 Å². The molecule has 7 heteroatoms. The molecule has 0 saturated carbocycles. The van der Waals surface area contributed by atoms with Crippen LogP contribution in [0.2, 0.25) is 0 Å². The average molecular weight is 429 g/mol. The van der Waals surface area contributed by atoms with Crippen LogP contribution in [-0.4, -0.2) is 46.7 Å². The zero-order valence-corrected chi connectivity index (χ0v) is 18.5. The number of anilines is 1. The van der Waals surface area contributed by atoms with Crippen molar-refractivity contribution < 1.29 is 4.79 Å². The molecule has 0 spiro atoms. The number of fused-ring (bicyclic) bond motifs is 1. The number of nitrogens with two attached hydrogens (primary N) is 1. The number of carbonyl (C=O) groups is 1. The number of hydrogen-bond donors (Lipinski definition) is 2. The summed E-state index contributed by atoms with van der Waals surface area (Å²) in [5, 5.41) is 7.97. The first-order valence-electron chi connectivity index (χ1n) is 11.1. The van der Waals surface area contributed by atoms with Crippen molar-refractivity contribution in [3.63, 3.8) is 0 Å². The Kier molecular flexibility index (Phi) is 5.27. The van der Waals surface area contributed by atoms with E-state index in [1.165, 1.54) is 0 Å². The number of piperidine rings is 1. The van der Waals surface area contributed by atoms with Gasteiger partial charge in [0.15, 0.2) is 5.78 Å². The molecular weight excluding hydrogens is 400 g/mol. The van der Waals surface area contributed by atoms with Crippen LogP contribution < -0.4 is 16.0 Å². The van der Waals surface area contributed by atoms with Gasteiger partial charge in [0.2, 0.25) is 0 Å². The summed E-state index contributed by atoms with van der Waals surface area (Å²) in [6, 6.07) is 14.2. The van der Waals surface area contributed by atoms with Crippen LogP contribution >= 0.6 is 0 Å². The third kappa shape index (κ3) is 3.39. The molecule has 2 aromatic heterocycles. The second kappa shape index (κ2) is 8.24. The number of benzene rings is 1. The van der Waals surface area contributed by atoms with Crippen LogP contribution in [0.4, 0.5) is 5.82 Å². The Balaban J connectivity index is 1.57. The number of carbonyl (C=O) groups excluding carboxylic acids is 1. The van der Waals surface area contributed by atoms with E-state index in [9.17, 15) is 4.79 Å². The van der Waals surface area contributed by atoms with Crippen LogP contribution in [0.15, 0.2) is 60.4 Å². The van der Waals surface area contributed by atoms with E-state index in [2.05, 4.69) is 38.5 Å². The normalized spacial score (nSPS) is 19.2. The lowest BCUT2D eigenvalue weighted by Crippen LogP contribution is -2.49. The van der Waals surface area contributed by atoms with Crippen LogP contribution in [0, 0.1) is 5.92 Å². The van der Waals surface area contributed by atoms with Crippen molar-refractivity contribution in [2.75, 3.05) is 25.0 Å². The molecule has 5 rings (SSSR count). The van der Waals surface area contributed by atoms with Crippen LogP contribution in [0.25, 0.3) is 28.2 Å². The maximum Gasteiger partial charge on any atom is 0.161 e. The molecule has 0 bridgehead atoms. The number of rotatable bonds is 4. The molecule has 1 saturated heterocycles. The Hall–Kier alpha value is -3.45. The number of ketones is 1. The summed E-state index contributed by atoms with van der Waals surface area (Å²) in [6.07, 6.45) is 5.72. The maximum atomic E-state index is 12.6. The standard InChI is InChI=1S/C25H28N6O/c1-16(32)22-23(18-10-12-27-13-11-18)30(2)25-20(15-29-31(25)24(22)26)19-8-9-21(28-14-19)17-6-4-3-5-7-17/h3-9,14-15,18,23,27H,10-13,26H2,1-2H3. The Morgan fingerprint density at radius 1 is 1.06 bits per heavy atom. The number of pyridine rings is 1. The van der Waals surface area contributed by atoms with Gasteiger partial charge in [-0.1, -0.05) is 36.4 Å². The molecule has 1 atom stereocenters. The lowest BCUT2D eigenvalue weighted by atomic mass is 9.82.